The van der Waals surface area contributed by atoms with E-state index in [1.165, 1.54) is 17.8 Å². The van der Waals surface area contributed by atoms with Crippen LogP contribution >= 0.6 is 46.6 Å². The molecule has 2 rings (SSSR count). The molecule has 20 heavy (non-hydrogen) atoms. The van der Waals surface area contributed by atoms with Crippen LogP contribution in [0.15, 0.2) is 23.4 Å². The van der Waals surface area contributed by atoms with Gasteiger partial charge in [-0.25, -0.2) is 4.98 Å². The number of halogens is 3. The molecule has 0 spiro atoms. The van der Waals surface area contributed by atoms with E-state index < -0.39 is 0 Å². The summed E-state index contributed by atoms with van der Waals surface area (Å²) in [6, 6.07) is 4.74. The quantitative estimate of drug-likeness (QED) is 0.478. The van der Waals surface area contributed by atoms with Crippen LogP contribution in [-0.2, 0) is 0 Å². The molecule has 106 valence electrons. The molecule has 0 aliphatic carbocycles. The number of anilines is 1. The number of hydrogen-bond donors (Lipinski definition) is 1. The smallest absolute Gasteiger partial charge is 0.225 e. The Kier molecular flexibility index (Phi) is 5.21. The second-order valence-electron chi connectivity index (χ2n) is 3.63. The van der Waals surface area contributed by atoms with E-state index in [4.69, 9.17) is 39.5 Å². The topological polar surface area (TPSA) is 47.0 Å². The molecule has 0 bridgehead atoms. The lowest BCUT2D eigenvalue weighted by Crippen LogP contribution is -1.98. The maximum Gasteiger partial charge on any atom is 0.225 e. The highest BCUT2D eigenvalue weighted by atomic mass is 35.5. The van der Waals surface area contributed by atoms with E-state index in [1.807, 2.05) is 6.26 Å². The molecule has 1 aromatic carbocycles. The van der Waals surface area contributed by atoms with E-state index in [9.17, 15) is 0 Å². The average Bonchev–Trinajstić information content (AvgIpc) is 2.44. The Bertz CT molecular complexity index is 617. The summed E-state index contributed by atoms with van der Waals surface area (Å²) in [5.41, 5.74) is 0. The molecule has 0 saturated carbocycles. The number of aromatic nitrogens is 2. The van der Waals surface area contributed by atoms with Crippen LogP contribution in [-0.4, -0.2) is 23.3 Å². The van der Waals surface area contributed by atoms with Crippen molar-refractivity contribution in [2.24, 2.45) is 0 Å². The molecule has 8 heteroatoms. The summed E-state index contributed by atoms with van der Waals surface area (Å²) in [4.78, 5) is 8.49. The lowest BCUT2D eigenvalue weighted by Gasteiger charge is -2.10. The molecule has 4 nitrogen and oxygen atoms in total. The second kappa shape index (κ2) is 6.72. The van der Waals surface area contributed by atoms with Gasteiger partial charge >= 0.3 is 0 Å². The van der Waals surface area contributed by atoms with Gasteiger partial charge in [0.15, 0.2) is 5.16 Å². The fourth-order valence-corrected chi connectivity index (χ4v) is 2.32. The number of benzene rings is 1. The number of nitrogens with zero attached hydrogens (tertiary/aromatic N) is 2. The minimum Gasteiger partial charge on any atom is -0.437 e. The van der Waals surface area contributed by atoms with Gasteiger partial charge in [-0.15, -0.1) is 0 Å². The van der Waals surface area contributed by atoms with Gasteiger partial charge in [-0.05, 0) is 12.3 Å². The fourth-order valence-electron chi connectivity index (χ4n) is 1.37. The lowest BCUT2D eigenvalue weighted by atomic mass is 10.3. The molecule has 0 unspecified atom stereocenters. The van der Waals surface area contributed by atoms with Crippen LogP contribution in [0.1, 0.15) is 0 Å². The van der Waals surface area contributed by atoms with Gasteiger partial charge in [0, 0.05) is 19.2 Å². The molecular formula is C12H10Cl3N3OS. The third kappa shape index (κ3) is 3.61. The van der Waals surface area contributed by atoms with E-state index in [0.717, 1.165) is 0 Å². The first-order valence-electron chi connectivity index (χ1n) is 5.46. The molecule has 0 radical (unpaired) electrons. The SMILES string of the molecule is CNc1cc(Oc2cc(Cl)c(Cl)cc2Cl)nc(SC)n1. The van der Waals surface area contributed by atoms with Crippen LogP contribution in [0.5, 0.6) is 11.6 Å². The van der Waals surface area contributed by atoms with Crippen LogP contribution in [0.3, 0.4) is 0 Å². The summed E-state index contributed by atoms with van der Waals surface area (Å²) < 4.78 is 5.65. The molecule has 1 aromatic heterocycles. The average molecular weight is 351 g/mol. The zero-order valence-corrected chi connectivity index (χ0v) is 13.7. The van der Waals surface area contributed by atoms with Crippen molar-refractivity contribution in [3.05, 3.63) is 33.3 Å². The minimum absolute atomic E-state index is 0.356. The summed E-state index contributed by atoms with van der Waals surface area (Å²) >= 11 is 19.3. The molecule has 0 fully saturated rings. The van der Waals surface area contributed by atoms with Crippen LogP contribution in [0.2, 0.25) is 15.1 Å². The summed E-state index contributed by atoms with van der Waals surface area (Å²) in [5, 5.41) is 4.61. The zero-order chi connectivity index (χ0) is 14.7. The third-order valence-corrected chi connectivity index (χ3v) is 3.88. The molecule has 0 atom stereocenters. The molecular weight excluding hydrogens is 341 g/mol. The zero-order valence-electron chi connectivity index (χ0n) is 10.6. The minimum atomic E-state index is 0.356. The molecule has 0 aliphatic rings. The van der Waals surface area contributed by atoms with Crippen LogP contribution in [0, 0.1) is 0 Å². The highest BCUT2D eigenvalue weighted by molar-refractivity contribution is 7.98. The fraction of sp³-hybridized carbons (Fsp3) is 0.167. The van der Waals surface area contributed by atoms with Crippen molar-refractivity contribution in [3.8, 4) is 11.6 Å². The van der Waals surface area contributed by atoms with E-state index in [-0.39, 0.29) is 0 Å². The molecule has 2 aromatic rings. The Balaban J connectivity index is 2.36. The molecule has 1 N–H and O–H groups in total. The summed E-state index contributed by atoms with van der Waals surface area (Å²) in [6.07, 6.45) is 1.88. The Morgan fingerprint density at radius 3 is 2.40 bits per heavy atom. The largest absolute Gasteiger partial charge is 0.437 e. The monoisotopic (exact) mass is 349 g/mol. The maximum absolute atomic E-state index is 6.07. The summed E-state index contributed by atoms with van der Waals surface area (Å²) in [7, 11) is 1.77. The Morgan fingerprint density at radius 1 is 1.05 bits per heavy atom. The normalized spacial score (nSPS) is 10.4. The number of rotatable bonds is 4. The van der Waals surface area contributed by atoms with Gasteiger partial charge in [0.05, 0.1) is 15.1 Å². The van der Waals surface area contributed by atoms with Gasteiger partial charge in [0.2, 0.25) is 5.88 Å². The predicted octanol–water partition coefficient (Wildman–Crippen LogP) is 4.99. The first kappa shape index (κ1) is 15.5. The van der Waals surface area contributed by atoms with E-state index in [2.05, 4.69) is 15.3 Å². The second-order valence-corrected chi connectivity index (χ2v) is 5.62. The first-order chi connectivity index (χ1) is 9.53. The van der Waals surface area contributed by atoms with Crippen LogP contribution in [0.25, 0.3) is 0 Å². The number of ether oxygens (including phenoxy) is 1. The van der Waals surface area contributed by atoms with Crippen molar-refractivity contribution in [3.63, 3.8) is 0 Å². The van der Waals surface area contributed by atoms with E-state index in [1.54, 1.807) is 19.2 Å². The lowest BCUT2D eigenvalue weighted by molar-refractivity contribution is 0.456. The Hall–Kier alpha value is -0.880. The van der Waals surface area contributed by atoms with Crippen molar-refractivity contribution in [1.29, 1.82) is 0 Å². The van der Waals surface area contributed by atoms with Crippen molar-refractivity contribution in [1.82, 2.24) is 9.97 Å². The van der Waals surface area contributed by atoms with Gasteiger partial charge in [-0.3, -0.25) is 0 Å². The molecule has 0 saturated heterocycles. The van der Waals surface area contributed by atoms with Gasteiger partial charge in [-0.1, -0.05) is 46.6 Å². The van der Waals surface area contributed by atoms with Gasteiger partial charge in [-0.2, -0.15) is 4.98 Å². The Morgan fingerprint density at radius 2 is 1.75 bits per heavy atom. The standard InChI is InChI=1S/C12H10Cl3N3OS/c1-16-10-5-11(18-12(17-10)20-2)19-9-4-7(14)6(13)3-8(9)15/h3-5H,1-2H3,(H,16,17,18). The van der Waals surface area contributed by atoms with Crippen LogP contribution in [0.4, 0.5) is 5.82 Å². The summed E-state index contributed by atoms with van der Waals surface area (Å²) in [6.45, 7) is 0. The molecule has 1 heterocycles. The van der Waals surface area contributed by atoms with Crippen LogP contribution < -0.4 is 10.1 Å². The summed E-state index contributed by atoms with van der Waals surface area (Å²) in [5.74, 6) is 1.40. The predicted molar refractivity (Wildman–Crippen MR) is 84.9 cm³/mol. The van der Waals surface area contributed by atoms with Crippen molar-refractivity contribution in [2.75, 3.05) is 18.6 Å². The first-order valence-corrected chi connectivity index (χ1v) is 7.82. The number of nitrogens with one attached hydrogen (secondary N) is 1. The molecule has 0 amide bonds. The highest BCUT2D eigenvalue weighted by Crippen LogP contribution is 2.36. The highest BCUT2D eigenvalue weighted by Gasteiger charge is 2.11. The maximum atomic E-state index is 6.07. The van der Waals surface area contributed by atoms with Gasteiger partial charge in [0.1, 0.15) is 11.6 Å². The number of thioether (sulfide) groups is 1. The third-order valence-electron chi connectivity index (χ3n) is 2.31. The Labute approximate surface area is 135 Å². The molecule has 0 aliphatic heterocycles. The van der Waals surface area contributed by atoms with Gasteiger partial charge < -0.3 is 10.1 Å². The van der Waals surface area contributed by atoms with Crippen molar-refractivity contribution >= 4 is 52.4 Å². The van der Waals surface area contributed by atoms with E-state index >= 15 is 0 Å². The van der Waals surface area contributed by atoms with Crippen molar-refractivity contribution in [2.45, 2.75) is 5.16 Å². The van der Waals surface area contributed by atoms with Gasteiger partial charge in [0.25, 0.3) is 0 Å². The van der Waals surface area contributed by atoms with Crippen molar-refractivity contribution < 1.29 is 4.74 Å². The number of hydrogen-bond acceptors (Lipinski definition) is 5. The van der Waals surface area contributed by atoms with E-state index in [0.29, 0.717) is 37.7 Å².